The largest absolute Gasteiger partial charge is 0.380 e. The topological polar surface area (TPSA) is 24.5 Å². The van der Waals surface area contributed by atoms with Crippen molar-refractivity contribution in [1.29, 1.82) is 0 Å². The maximum absolute atomic E-state index is 5.47. The van der Waals surface area contributed by atoms with Gasteiger partial charge in [-0.3, -0.25) is 0 Å². The molecule has 0 bridgehead atoms. The van der Waals surface area contributed by atoms with Crippen molar-refractivity contribution >= 4 is 0 Å². The number of ether oxygens (including phenoxy) is 1. The summed E-state index contributed by atoms with van der Waals surface area (Å²) in [5.41, 5.74) is 0. The SMILES string of the molecule is COC1CCCN(CCCNC2CCCCC2)C1. The molecule has 2 aliphatic rings. The third kappa shape index (κ3) is 4.87. The molecule has 1 saturated heterocycles. The van der Waals surface area contributed by atoms with Gasteiger partial charge in [0.1, 0.15) is 0 Å². The molecule has 1 atom stereocenters. The van der Waals surface area contributed by atoms with Gasteiger partial charge in [0.25, 0.3) is 0 Å². The number of methoxy groups -OCH3 is 1. The van der Waals surface area contributed by atoms with Crippen LogP contribution in [0.4, 0.5) is 0 Å². The maximum Gasteiger partial charge on any atom is 0.0698 e. The van der Waals surface area contributed by atoms with Crippen molar-refractivity contribution in [3.8, 4) is 0 Å². The standard InChI is InChI=1S/C15H30N2O/c1-18-15-9-5-11-17(13-15)12-6-10-16-14-7-3-2-4-8-14/h14-16H,2-13H2,1H3. The van der Waals surface area contributed by atoms with Gasteiger partial charge in [-0.15, -0.1) is 0 Å². The number of nitrogens with zero attached hydrogens (tertiary/aromatic N) is 1. The van der Waals surface area contributed by atoms with E-state index >= 15 is 0 Å². The summed E-state index contributed by atoms with van der Waals surface area (Å²) in [6.07, 6.45) is 11.4. The fourth-order valence-corrected chi connectivity index (χ4v) is 3.32. The van der Waals surface area contributed by atoms with Crippen LogP contribution in [0.2, 0.25) is 0 Å². The monoisotopic (exact) mass is 254 g/mol. The fraction of sp³-hybridized carbons (Fsp3) is 1.00. The molecule has 18 heavy (non-hydrogen) atoms. The minimum Gasteiger partial charge on any atom is -0.380 e. The van der Waals surface area contributed by atoms with Crippen molar-refractivity contribution in [2.75, 3.05) is 33.3 Å². The van der Waals surface area contributed by atoms with Crippen LogP contribution in [0.15, 0.2) is 0 Å². The number of nitrogens with one attached hydrogen (secondary N) is 1. The summed E-state index contributed by atoms with van der Waals surface area (Å²) < 4.78 is 5.47. The molecule has 1 unspecified atom stereocenters. The summed E-state index contributed by atoms with van der Waals surface area (Å²) in [4.78, 5) is 2.57. The minimum atomic E-state index is 0.477. The molecule has 2 fully saturated rings. The van der Waals surface area contributed by atoms with E-state index in [4.69, 9.17) is 4.74 Å². The number of likely N-dealkylation sites (tertiary alicyclic amines) is 1. The Bertz CT molecular complexity index is 217. The Kier molecular flexibility index (Phi) is 6.46. The Labute approximate surface area is 112 Å². The van der Waals surface area contributed by atoms with Crippen molar-refractivity contribution < 1.29 is 4.74 Å². The molecular weight excluding hydrogens is 224 g/mol. The molecule has 1 aliphatic carbocycles. The average molecular weight is 254 g/mol. The van der Waals surface area contributed by atoms with Gasteiger partial charge >= 0.3 is 0 Å². The molecule has 0 spiro atoms. The van der Waals surface area contributed by atoms with Crippen LogP contribution in [0.3, 0.4) is 0 Å². The second-order valence-electron chi connectivity index (χ2n) is 5.94. The van der Waals surface area contributed by atoms with Crippen molar-refractivity contribution in [3.63, 3.8) is 0 Å². The highest BCUT2D eigenvalue weighted by molar-refractivity contribution is 4.74. The zero-order valence-corrected chi connectivity index (χ0v) is 12.0. The van der Waals surface area contributed by atoms with Crippen LogP contribution in [-0.2, 0) is 4.74 Å². The molecule has 1 aliphatic heterocycles. The van der Waals surface area contributed by atoms with Crippen LogP contribution in [-0.4, -0.2) is 50.3 Å². The third-order valence-corrected chi connectivity index (χ3v) is 4.48. The maximum atomic E-state index is 5.47. The van der Waals surface area contributed by atoms with Crippen molar-refractivity contribution in [2.45, 2.75) is 63.5 Å². The lowest BCUT2D eigenvalue weighted by Gasteiger charge is -2.32. The lowest BCUT2D eigenvalue weighted by molar-refractivity contribution is 0.0310. The summed E-state index contributed by atoms with van der Waals surface area (Å²) >= 11 is 0. The van der Waals surface area contributed by atoms with Gasteiger partial charge in [0.2, 0.25) is 0 Å². The Morgan fingerprint density at radius 2 is 1.94 bits per heavy atom. The Morgan fingerprint density at radius 3 is 2.72 bits per heavy atom. The van der Waals surface area contributed by atoms with Crippen LogP contribution in [0.25, 0.3) is 0 Å². The molecule has 0 radical (unpaired) electrons. The zero-order chi connectivity index (χ0) is 12.6. The van der Waals surface area contributed by atoms with E-state index in [1.807, 2.05) is 7.11 Å². The van der Waals surface area contributed by atoms with E-state index in [0.29, 0.717) is 6.10 Å². The first-order chi connectivity index (χ1) is 8.88. The molecule has 0 aromatic rings. The predicted molar refractivity (Wildman–Crippen MR) is 76.0 cm³/mol. The molecule has 0 aromatic carbocycles. The second-order valence-corrected chi connectivity index (χ2v) is 5.94. The third-order valence-electron chi connectivity index (χ3n) is 4.48. The van der Waals surface area contributed by atoms with Gasteiger partial charge in [-0.1, -0.05) is 19.3 Å². The highest BCUT2D eigenvalue weighted by Crippen LogP contribution is 2.17. The van der Waals surface area contributed by atoms with Gasteiger partial charge in [0.15, 0.2) is 0 Å². The number of piperidine rings is 1. The highest BCUT2D eigenvalue weighted by atomic mass is 16.5. The molecule has 3 heteroatoms. The van der Waals surface area contributed by atoms with Crippen LogP contribution in [0.1, 0.15) is 51.4 Å². The summed E-state index contributed by atoms with van der Waals surface area (Å²) in [7, 11) is 1.85. The Hall–Kier alpha value is -0.120. The quantitative estimate of drug-likeness (QED) is 0.737. The normalized spacial score (nSPS) is 27.5. The molecule has 2 rings (SSSR count). The summed E-state index contributed by atoms with van der Waals surface area (Å²) in [5, 5.41) is 3.73. The fourth-order valence-electron chi connectivity index (χ4n) is 3.32. The minimum absolute atomic E-state index is 0.477. The molecule has 0 amide bonds. The van der Waals surface area contributed by atoms with E-state index in [0.717, 1.165) is 12.6 Å². The first kappa shape index (κ1) is 14.3. The van der Waals surface area contributed by atoms with Crippen LogP contribution in [0.5, 0.6) is 0 Å². The first-order valence-electron chi connectivity index (χ1n) is 7.87. The highest BCUT2D eigenvalue weighted by Gasteiger charge is 2.18. The lowest BCUT2D eigenvalue weighted by atomic mass is 9.95. The van der Waals surface area contributed by atoms with Gasteiger partial charge in [0.05, 0.1) is 6.10 Å². The molecule has 3 nitrogen and oxygen atoms in total. The molecule has 0 aromatic heterocycles. The summed E-state index contributed by atoms with van der Waals surface area (Å²) in [6.45, 7) is 4.83. The van der Waals surface area contributed by atoms with Gasteiger partial charge in [0, 0.05) is 19.7 Å². The van der Waals surface area contributed by atoms with Crippen molar-refractivity contribution in [1.82, 2.24) is 10.2 Å². The number of hydrogen-bond donors (Lipinski definition) is 1. The van der Waals surface area contributed by atoms with Gasteiger partial charge in [-0.25, -0.2) is 0 Å². The lowest BCUT2D eigenvalue weighted by Crippen LogP contribution is -2.41. The van der Waals surface area contributed by atoms with Crippen molar-refractivity contribution in [2.24, 2.45) is 0 Å². The second kappa shape index (κ2) is 8.13. The van der Waals surface area contributed by atoms with Crippen LogP contribution in [0, 0.1) is 0 Å². The first-order valence-corrected chi connectivity index (χ1v) is 7.87. The van der Waals surface area contributed by atoms with E-state index in [1.165, 1.54) is 71.0 Å². The van der Waals surface area contributed by atoms with E-state index < -0.39 is 0 Å². The zero-order valence-electron chi connectivity index (χ0n) is 12.0. The average Bonchev–Trinajstić information content (AvgIpc) is 2.45. The predicted octanol–water partition coefficient (Wildman–Crippen LogP) is 2.41. The molecule has 1 heterocycles. The molecular formula is C15H30N2O. The summed E-state index contributed by atoms with van der Waals surface area (Å²) in [5.74, 6) is 0. The number of rotatable bonds is 6. The van der Waals surface area contributed by atoms with E-state index in [1.54, 1.807) is 0 Å². The van der Waals surface area contributed by atoms with Gasteiger partial charge in [-0.05, 0) is 51.7 Å². The Balaban J connectivity index is 1.52. The number of hydrogen-bond acceptors (Lipinski definition) is 3. The molecule has 106 valence electrons. The van der Waals surface area contributed by atoms with Crippen LogP contribution < -0.4 is 5.32 Å². The van der Waals surface area contributed by atoms with E-state index in [9.17, 15) is 0 Å². The molecule has 1 saturated carbocycles. The van der Waals surface area contributed by atoms with Crippen molar-refractivity contribution in [3.05, 3.63) is 0 Å². The van der Waals surface area contributed by atoms with Crippen LogP contribution >= 0.6 is 0 Å². The smallest absolute Gasteiger partial charge is 0.0698 e. The molecule has 1 N–H and O–H groups in total. The summed E-state index contributed by atoms with van der Waals surface area (Å²) in [6, 6.07) is 0.812. The van der Waals surface area contributed by atoms with E-state index in [2.05, 4.69) is 10.2 Å². The van der Waals surface area contributed by atoms with E-state index in [-0.39, 0.29) is 0 Å². The van der Waals surface area contributed by atoms with Gasteiger partial charge < -0.3 is 15.0 Å². The van der Waals surface area contributed by atoms with Gasteiger partial charge in [-0.2, -0.15) is 0 Å². The Morgan fingerprint density at radius 1 is 1.11 bits per heavy atom.